The number of aryl methyl sites for hydroxylation is 2. The van der Waals surface area contributed by atoms with Crippen LogP contribution in [0.25, 0.3) is 0 Å². The Kier molecular flexibility index (Phi) is 10.7. The van der Waals surface area contributed by atoms with Crippen LogP contribution in [0, 0.1) is 6.92 Å². The zero-order valence-electron chi connectivity index (χ0n) is 15.2. The molecule has 10 heteroatoms. The highest BCUT2D eigenvalue weighted by Gasteiger charge is 2.10. The highest BCUT2D eigenvalue weighted by Crippen LogP contribution is 2.13. The zero-order valence-corrected chi connectivity index (χ0v) is 19.1. The number of thiazole rings is 2. The summed E-state index contributed by atoms with van der Waals surface area (Å²) in [4.78, 5) is 26.6. The average Bonchev–Trinajstić information content (AvgIpc) is 3.25. The summed E-state index contributed by atoms with van der Waals surface area (Å²) in [5.74, 6) is 0.635. The van der Waals surface area contributed by atoms with Gasteiger partial charge in [-0.3, -0.25) is 9.79 Å². The van der Waals surface area contributed by atoms with Crippen LogP contribution in [0.2, 0.25) is 0 Å². The molecule has 2 aromatic rings. The fourth-order valence-electron chi connectivity index (χ4n) is 2.09. The molecule has 26 heavy (non-hydrogen) atoms. The van der Waals surface area contributed by atoms with E-state index < -0.39 is 0 Å². The number of aromatic nitrogens is 2. The van der Waals surface area contributed by atoms with E-state index in [1.807, 2.05) is 13.1 Å². The summed E-state index contributed by atoms with van der Waals surface area (Å²) < 4.78 is 0. The standard InChI is InChI=1S/C16H24N6OS2.HI/c1-4-12-9-21-13(25-12)5-6-19-16(17-3)20-8-7-18-15(23)14-11(2)22-10-24-14;/h9-10H,4-8H2,1-3H3,(H,18,23)(H2,17,19,20);1H. The second kappa shape index (κ2) is 12.2. The van der Waals surface area contributed by atoms with Gasteiger partial charge in [-0.2, -0.15) is 0 Å². The van der Waals surface area contributed by atoms with Crippen LogP contribution >= 0.6 is 46.7 Å². The molecule has 2 aromatic heterocycles. The molecule has 0 bridgehead atoms. The molecular weight excluding hydrogens is 483 g/mol. The molecule has 2 heterocycles. The van der Waals surface area contributed by atoms with E-state index in [2.05, 4.69) is 37.8 Å². The number of amides is 1. The predicted molar refractivity (Wildman–Crippen MR) is 119 cm³/mol. The molecule has 0 fully saturated rings. The minimum absolute atomic E-state index is 0. The van der Waals surface area contributed by atoms with Crippen LogP contribution in [0.4, 0.5) is 0 Å². The molecule has 0 unspecified atom stereocenters. The summed E-state index contributed by atoms with van der Waals surface area (Å²) >= 11 is 3.11. The number of nitrogens with zero attached hydrogens (tertiary/aromatic N) is 3. The van der Waals surface area contributed by atoms with Crippen LogP contribution in [-0.4, -0.2) is 48.5 Å². The Labute approximate surface area is 179 Å². The summed E-state index contributed by atoms with van der Waals surface area (Å²) in [5.41, 5.74) is 2.45. The summed E-state index contributed by atoms with van der Waals surface area (Å²) in [7, 11) is 1.73. The Morgan fingerprint density at radius 3 is 2.54 bits per heavy atom. The van der Waals surface area contributed by atoms with Crippen molar-refractivity contribution in [2.45, 2.75) is 26.7 Å². The van der Waals surface area contributed by atoms with Crippen molar-refractivity contribution in [3.63, 3.8) is 0 Å². The first-order valence-corrected chi connectivity index (χ1v) is 9.90. The number of carbonyl (C=O) groups is 1. The van der Waals surface area contributed by atoms with E-state index in [-0.39, 0.29) is 29.9 Å². The Bertz CT molecular complexity index is 715. The molecule has 7 nitrogen and oxygen atoms in total. The molecule has 1 amide bonds. The van der Waals surface area contributed by atoms with Gasteiger partial charge in [-0.15, -0.1) is 46.7 Å². The quantitative estimate of drug-likeness (QED) is 0.220. The molecule has 0 aliphatic rings. The van der Waals surface area contributed by atoms with Crippen molar-refractivity contribution in [2.24, 2.45) is 4.99 Å². The van der Waals surface area contributed by atoms with Gasteiger partial charge < -0.3 is 16.0 Å². The van der Waals surface area contributed by atoms with Crippen LogP contribution in [0.15, 0.2) is 16.7 Å². The van der Waals surface area contributed by atoms with Gasteiger partial charge in [0.25, 0.3) is 5.91 Å². The Morgan fingerprint density at radius 1 is 1.19 bits per heavy atom. The predicted octanol–water partition coefficient (Wildman–Crippen LogP) is 2.23. The van der Waals surface area contributed by atoms with Gasteiger partial charge in [-0.1, -0.05) is 6.92 Å². The maximum atomic E-state index is 12.0. The van der Waals surface area contributed by atoms with Gasteiger partial charge >= 0.3 is 0 Å². The molecule has 0 saturated carbocycles. The third-order valence-corrected chi connectivity index (χ3v) is 5.59. The minimum Gasteiger partial charge on any atom is -0.356 e. The van der Waals surface area contributed by atoms with E-state index in [9.17, 15) is 4.79 Å². The number of hydrogen-bond donors (Lipinski definition) is 3. The van der Waals surface area contributed by atoms with Crippen LogP contribution in [0.1, 0.15) is 32.2 Å². The maximum Gasteiger partial charge on any atom is 0.263 e. The SMILES string of the molecule is CCc1cnc(CCNC(=NC)NCCNC(=O)c2scnc2C)s1.I. The number of nitrogens with one attached hydrogen (secondary N) is 3. The molecule has 0 saturated heterocycles. The largest absolute Gasteiger partial charge is 0.356 e. The van der Waals surface area contributed by atoms with E-state index in [0.717, 1.165) is 36.0 Å². The van der Waals surface area contributed by atoms with E-state index in [1.54, 1.807) is 23.9 Å². The summed E-state index contributed by atoms with van der Waals surface area (Å²) in [6.45, 7) is 5.85. The van der Waals surface area contributed by atoms with E-state index in [1.165, 1.54) is 16.2 Å². The third kappa shape index (κ3) is 7.16. The van der Waals surface area contributed by atoms with Crippen molar-refractivity contribution < 1.29 is 4.79 Å². The average molecular weight is 508 g/mol. The first kappa shape index (κ1) is 22.8. The number of hydrogen-bond acceptors (Lipinski definition) is 6. The van der Waals surface area contributed by atoms with Gasteiger partial charge in [0.1, 0.15) is 4.88 Å². The minimum atomic E-state index is -0.0831. The molecular formula is C16H25IN6OS2. The number of rotatable bonds is 8. The molecule has 0 aliphatic carbocycles. The van der Waals surface area contributed by atoms with Crippen molar-refractivity contribution in [1.82, 2.24) is 25.9 Å². The summed E-state index contributed by atoms with van der Waals surface area (Å²) in [5, 5.41) is 10.4. The molecule has 0 aliphatic heterocycles. The number of halogens is 1. The molecule has 0 aromatic carbocycles. The smallest absolute Gasteiger partial charge is 0.263 e. The third-order valence-electron chi connectivity index (χ3n) is 3.46. The number of carbonyl (C=O) groups excluding carboxylic acids is 1. The van der Waals surface area contributed by atoms with Crippen molar-refractivity contribution in [1.29, 1.82) is 0 Å². The van der Waals surface area contributed by atoms with Crippen molar-refractivity contribution in [3.8, 4) is 0 Å². The lowest BCUT2D eigenvalue weighted by atomic mass is 10.4. The monoisotopic (exact) mass is 508 g/mol. The summed E-state index contributed by atoms with van der Waals surface area (Å²) in [6, 6.07) is 0. The van der Waals surface area contributed by atoms with Crippen molar-refractivity contribution in [2.75, 3.05) is 26.7 Å². The molecule has 3 N–H and O–H groups in total. The topological polar surface area (TPSA) is 91.3 Å². The Morgan fingerprint density at radius 2 is 1.92 bits per heavy atom. The molecule has 0 spiro atoms. The molecule has 2 rings (SSSR count). The number of aliphatic imine (C=N–C) groups is 1. The highest BCUT2D eigenvalue weighted by molar-refractivity contribution is 14.0. The Hall–Kier alpha value is -1.27. The van der Waals surface area contributed by atoms with E-state index >= 15 is 0 Å². The second-order valence-corrected chi connectivity index (χ2v) is 7.33. The van der Waals surface area contributed by atoms with Crippen LogP contribution in [0.5, 0.6) is 0 Å². The Balaban J connectivity index is 0.00000338. The van der Waals surface area contributed by atoms with Crippen molar-refractivity contribution >= 4 is 58.5 Å². The first-order valence-electron chi connectivity index (χ1n) is 8.20. The van der Waals surface area contributed by atoms with E-state index in [4.69, 9.17) is 0 Å². The molecule has 0 radical (unpaired) electrons. The van der Waals surface area contributed by atoms with Crippen LogP contribution in [0.3, 0.4) is 0 Å². The number of guanidine groups is 1. The maximum absolute atomic E-state index is 12.0. The zero-order chi connectivity index (χ0) is 18.1. The van der Waals surface area contributed by atoms with Crippen LogP contribution in [-0.2, 0) is 12.8 Å². The summed E-state index contributed by atoms with van der Waals surface area (Å²) in [6.07, 6.45) is 3.84. The lowest BCUT2D eigenvalue weighted by molar-refractivity contribution is 0.0957. The highest BCUT2D eigenvalue weighted by atomic mass is 127. The second-order valence-electron chi connectivity index (χ2n) is 5.27. The lowest BCUT2D eigenvalue weighted by Gasteiger charge is -2.11. The normalized spacial score (nSPS) is 11.0. The first-order chi connectivity index (χ1) is 12.1. The van der Waals surface area contributed by atoms with Crippen molar-refractivity contribution in [3.05, 3.63) is 32.2 Å². The van der Waals surface area contributed by atoms with Gasteiger partial charge in [0, 0.05) is 44.2 Å². The fourth-order valence-corrected chi connectivity index (χ4v) is 3.67. The van der Waals surface area contributed by atoms with Gasteiger partial charge in [0.2, 0.25) is 0 Å². The van der Waals surface area contributed by atoms with Gasteiger partial charge in [-0.25, -0.2) is 9.97 Å². The molecule has 144 valence electrons. The van der Waals surface area contributed by atoms with E-state index in [0.29, 0.717) is 18.0 Å². The van der Waals surface area contributed by atoms with Crippen LogP contribution < -0.4 is 16.0 Å². The lowest BCUT2D eigenvalue weighted by Crippen LogP contribution is -2.42. The van der Waals surface area contributed by atoms with Gasteiger partial charge in [0.15, 0.2) is 5.96 Å². The molecule has 0 atom stereocenters. The van der Waals surface area contributed by atoms with Gasteiger partial charge in [-0.05, 0) is 13.3 Å². The van der Waals surface area contributed by atoms with Gasteiger partial charge in [0.05, 0.1) is 16.2 Å². The fraction of sp³-hybridized carbons (Fsp3) is 0.500.